The smallest absolute Gasteiger partial charge is 0.269 e. The number of ketones is 1. The topological polar surface area (TPSA) is 60.2 Å². The first-order valence-electron chi connectivity index (χ1n) is 8.30. The van der Waals surface area contributed by atoms with Crippen LogP contribution in [0.15, 0.2) is 84.4 Å². The molecule has 0 spiro atoms. The number of fused-ring (bicyclic) bond motifs is 1. The number of non-ortho nitro benzene ring substituents is 1. The normalized spacial score (nSPS) is 17.3. The van der Waals surface area contributed by atoms with Crippen molar-refractivity contribution < 1.29 is 9.72 Å². The van der Waals surface area contributed by atoms with Gasteiger partial charge in [0.05, 0.1) is 4.92 Å². The highest BCUT2D eigenvalue weighted by Gasteiger charge is 2.35. The van der Waals surface area contributed by atoms with Gasteiger partial charge in [-0.1, -0.05) is 66.7 Å². The van der Waals surface area contributed by atoms with E-state index >= 15 is 0 Å². The van der Waals surface area contributed by atoms with Crippen LogP contribution in [-0.2, 0) is 0 Å². The number of carbonyl (C=O) groups excluding carboxylic acids is 1. The molecule has 26 heavy (non-hydrogen) atoms. The summed E-state index contributed by atoms with van der Waals surface area (Å²) in [5, 5.41) is 10.9. The van der Waals surface area contributed by atoms with Crippen molar-refractivity contribution in [3.63, 3.8) is 0 Å². The molecule has 1 atom stereocenters. The minimum Gasteiger partial charge on any atom is -0.289 e. The quantitative estimate of drug-likeness (QED) is 0.382. The Kier molecular flexibility index (Phi) is 3.93. The SMILES string of the molecule is O=C1C(=Cc2ccccc2)C(c2ccc([N+](=O)[O-])cc2)c2ccccc21. The minimum absolute atomic E-state index is 0.00723. The Hall–Kier alpha value is -3.53. The summed E-state index contributed by atoms with van der Waals surface area (Å²) in [5.41, 5.74) is 4.18. The summed E-state index contributed by atoms with van der Waals surface area (Å²) in [6, 6.07) is 23.7. The second kappa shape index (κ2) is 6.41. The van der Waals surface area contributed by atoms with Crippen LogP contribution < -0.4 is 0 Å². The van der Waals surface area contributed by atoms with Crippen LogP contribution in [0.2, 0.25) is 0 Å². The average Bonchev–Trinajstić information content (AvgIpc) is 2.95. The van der Waals surface area contributed by atoms with Gasteiger partial charge in [0.2, 0.25) is 0 Å². The monoisotopic (exact) mass is 341 g/mol. The van der Waals surface area contributed by atoms with Crippen molar-refractivity contribution in [2.24, 2.45) is 0 Å². The molecule has 0 saturated carbocycles. The number of allylic oxidation sites excluding steroid dienone is 1. The van der Waals surface area contributed by atoms with Crippen LogP contribution in [-0.4, -0.2) is 10.7 Å². The maximum atomic E-state index is 13.0. The summed E-state index contributed by atoms with van der Waals surface area (Å²) in [6.45, 7) is 0. The number of nitro benzene ring substituents is 1. The van der Waals surface area contributed by atoms with Gasteiger partial charge in [-0.25, -0.2) is 0 Å². The molecule has 0 radical (unpaired) electrons. The first kappa shape index (κ1) is 16.0. The molecule has 4 heteroatoms. The van der Waals surface area contributed by atoms with E-state index in [2.05, 4.69) is 0 Å². The van der Waals surface area contributed by atoms with Crippen molar-refractivity contribution in [1.82, 2.24) is 0 Å². The molecule has 0 N–H and O–H groups in total. The predicted octanol–water partition coefficient (Wildman–Crippen LogP) is 5.01. The van der Waals surface area contributed by atoms with Crippen LogP contribution in [0, 0.1) is 10.1 Å². The van der Waals surface area contributed by atoms with E-state index in [1.54, 1.807) is 12.1 Å². The molecule has 0 bridgehead atoms. The number of rotatable bonds is 3. The second-order valence-electron chi connectivity index (χ2n) is 6.21. The van der Waals surface area contributed by atoms with Crippen LogP contribution in [0.4, 0.5) is 5.69 Å². The lowest BCUT2D eigenvalue weighted by Gasteiger charge is -2.13. The van der Waals surface area contributed by atoms with Crippen molar-refractivity contribution in [2.75, 3.05) is 0 Å². The van der Waals surface area contributed by atoms with Crippen molar-refractivity contribution >= 4 is 17.5 Å². The number of hydrogen-bond acceptors (Lipinski definition) is 3. The molecule has 0 aromatic heterocycles. The Balaban J connectivity index is 1.86. The highest BCUT2D eigenvalue weighted by atomic mass is 16.6. The van der Waals surface area contributed by atoms with Crippen molar-refractivity contribution in [3.8, 4) is 0 Å². The zero-order valence-electron chi connectivity index (χ0n) is 13.8. The Morgan fingerprint density at radius 2 is 1.50 bits per heavy atom. The average molecular weight is 341 g/mol. The summed E-state index contributed by atoms with van der Waals surface area (Å²) >= 11 is 0. The Morgan fingerprint density at radius 3 is 2.19 bits per heavy atom. The highest BCUT2D eigenvalue weighted by molar-refractivity contribution is 6.17. The Bertz CT molecular complexity index is 1020. The zero-order valence-corrected chi connectivity index (χ0v) is 13.8. The lowest BCUT2D eigenvalue weighted by Crippen LogP contribution is -2.02. The number of nitrogens with zero attached hydrogens (tertiary/aromatic N) is 1. The number of nitro groups is 1. The Morgan fingerprint density at radius 1 is 0.846 bits per heavy atom. The molecule has 0 saturated heterocycles. The molecule has 0 amide bonds. The van der Waals surface area contributed by atoms with E-state index in [0.717, 1.165) is 16.7 Å². The van der Waals surface area contributed by atoms with Gasteiger partial charge in [0.25, 0.3) is 5.69 Å². The van der Waals surface area contributed by atoms with Gasteiger partial charge >= 0.3 is 0 Å². The molecule has 0 fully saturated rings. The molecule has 126 valence electrons. The summed E-state index contributed by atoms with van der Waals surface area (Å²) in [5.74, 6) is -0.215. The highest BCUT2D eigenvalue weighted by Crippen LogP contribution is 2.43. The molecular formula is C22H15NO3. The number of hydrogen-bond donors (Lipinski definition) is 0. The van der Waals surface area contributed by atoms with Gasteiger partial charge in [0, 0.05) is 29.2 Å². The molecule has 3 aromatic rings. The van der Waals surface area contributed by atoms with Crippen molar-refractivity contribution in [3.05, 3.63) is 117 Å². The van der Waals surface area contributed by atoms with E-state index in [1.807, 2.05) is 60.7 Å². The second-order valence-corrected chi connectivity index (χ2v) is 6.21. The minimum atomic E-state index is -0.418. The molecule has 0 aliphatic heterocycles. The third-order valence-electron chi connectivity index (χ3n) is 4.65. The maximum absolute atomic E-state index is 13.0. The molecule has 1 aliphatic rings. The van der Waals surface area contributed by atoms with E-state index in [4.69, 9.17) is 0 Å². The predicted molar refractivity (Wildman–Crippen MR) is 100 cm³/mol. The van der Waals surface area contributed by atoms with Gasteiger partial charge in [0.1, 0.15) is 0 Å². The number of Topliss-reactive ketones (excluding diaryl/α,β-unsaturated/α-hetero) is 1. The molecule has 4 nitrogen and oxygen atoms in total. The van der Waals surface area contributed by atoms with Crippen LogP contribution in [0.3, 0.4) is 0 Å². The van der Waals surface area contributed by atoms with Crippen LogP contribution in [0.5, 0.6) is 0 Å². The largest absolute Gasteiger partial charge is 0.289 e. The summed E-state index contributed by atoms with van der Waals surface area (Å²) in [7, 11) is 0. The third kappa shape index (κ3) is 2.71. The van der Waals surface area contributed by atoms with Gasteiger partial charge in [0.15, 0.2) is 5.78 Å². The lowest BCUT2D eigenvalue weighted by molar-refractivity contribution is -0.384. The molecule has 1 aliphatic carbocycles. The fourth-order valence-electron chi connectivity index (χ4n) is 3.43. The number of benzene rings is 3. The lowest BCUT2D eigenvalue weighted by atomic mass is 9.88. The van der Waals surface area contributed by atoms with Gasteiger partial charge in [-0.05, 0) is 22.8 Å². The first-order chi connectivity index (χ1) is 12.6. The standard InChI is InChI=1S/C22H15NO3/c24-22-19-9-5-4-8-18(19)21(16-10-12-17(13-11-16)23(25)26)20(22)14-15-6-2-1-3-7-15/h1-14,21H. The summed E-state index contributed by atoms with van der Waals surface area (Å²) < 4.78 is 0. The van der Waals surface area contributed by atoms with Crippen LogP contribution in [0.25, 0.3) is 6.08 Å². The number of carbonyl (C=O) groups is 1. The summed E-state index contributed by atoms with van der Waals surface area (Å²) in [6.07, 6.45) is 1.91. The van der Waals surface area contributed by atoms with Gasteiger partial charge in [-0.15, -0.1) is 0 Å². The van der Waals surface area contributed by atoms with Gasteiger partial charge < -0.3 is 0 Å². The molecule has 1 unspecified atom stereocenters. The fourth-order valence-corrected chi connectivity index (χ4v) is 3.43. The van der Waals surface area contributed by atoms with Crippen LogP contribution in [0.1, 0.15) is 33.0 Å². The molecule has 0 heterocycles. The van der Waals surface area contributed by atoms with Crippen molar-refractivity contribution in [2.45, 2.75) is 5.92 Å². The fraction of sp³-hybridized carbons (Fsp3) is 0.0455. The van der Waals surface area contributed by atoms with Gasteiger partial charge in [-0.3, -0.25) is 14.9 Å². The third-order valence-corrected chi connectivity index (χ3v) is 4.65. The molecule has 4 rings (SSSR count). The van der Waals surface area contributed by atoms with E-state index in [0.29, 0.717) is 11.1 Å². The molecular weight excluding hydrogens is 326 g/mol. The van der Waals surface area contributed by atoms with E-state index < -0.39 is 4.92 Å². The van der Waals surface area contributed by atoms with E-state index in [-0.39, 0.29) is 17.4 Å². The molecule has 3 aromatic carbocycles. The van der Waals surface area contributed by atoms with Crippen molar-refractivity contribution in [1.29, 1.82) is 0 Å². The van der Waals surface area contributed by atoms with E-state index in [1.165, 1.54) is 12.1 Å². The Labute approximate surface area is 150 Å². The zero-order chi connectivity index (χ0) is 18.1. The van der Waals surface area contributed by atoms with E-state index in [9.17, 15) is 14.9 Å². The first-order valence-corrected chi connectivity index (χ1v) is 8.30. The van der Waals surface area contributed by atoms with Crippen LogP contribution >= 0.6 is 0 Å². The summed E-state index contributed by atoms with van der Waals surface area (Å²) in [4.78, 5) is 23.5. The maximum Gasteiger partial charge on any atom is 0.269 e. The van der Waals surface area contributed by atoms with Gasteiger partial charge in [-0.2, -0.15) is 0 Å².